The molecule has 9 heteroatoms. The summed E-state index contributed by atoms with van der Waals surface area (Å²) < 4.78 is 5.90. The van der Waals surface area contributed by atoms with E-state index in [0.717, 1.165) is 12.8 Å². The van der Waals surface area contributed by atoms with E-state index in [1.807, 2.05) is 0 Å². The first-order valence-electron chi connectivity index (χ1n) is 15.0. The van der Waals surface area contributed by atoms with Crippen molar-refractivity contribution in [1.82, 2.24) is 0 Å². The van der Waals surface area contributed by atoms with Gasteiger partial charge < -0.3 is 37.3 Å². The van der Waals surface area contributed by atoms with Crippen molar-refractivity contribution in [3.63, 3.8) is 0 Å². The van der Waals surface area contributed by atoms with Crippen molar-refractivity contribution in [3.8, 4) is 0 Å². The number of aliphatic hydroxyl groups is 2. The van der Waals surface area contributed by atoms with Gasteiger partial charge in [0.05, 0.1) is 12.2 Å². The molecule has 0 aromatic heterocycles. The number of hydrogen-bond acceptors (Lipinski definition) is 8. The second kappa shape index (κ2) is 9.63. The van der Waals surface area contributed by atoms with Gasteiger partial charge in [-0.1, -0.05) is 25.0 Å². The zero-order valence-electron chi connectivity index (χ0n) is 24.7. The lowest BCUT2D eigenvalue weighted by Crippen LogP contribution is -2.82. The first-order valence-corrected chi connectivity index (χ1v) is 15.0. The Morgan fingerprint density at radius 1 is 0.950 bits per heavy atom. The molecule has 5 saturated carbocycles. The van der Waals surface area contributed by atoms with Gasteiger partial charge >= 0.3 is 11.9 Å². The van der Waals surface area contributed by atoms with Crippen LogP contribution in [0.3, 0.4) is 0 Å². The van der Waals surface area contributed by atoms with Gasteiger partial charge in [0, 0.05) is 35.5 Å². The van der Waals surface area contributed by atoms with E-state index in [9.17, 15) is 24.9 Å². The Labute approximate surface area is 237 Å². The van der Waals surface area contributed by atoms with E-state index in [1.54, 1.807) is 0 Å². The first kappa shape index (κ1) is 29.7. The number of carboxylic acid groups (broad SMARTS) is 1. The van der Waals surface area contributed by atoms with Crippen LogP contribution in [0.25, 0.3) is 0 Å². The minimum absolute atomic E-state index is 0.181. The minimum atomic E-state index is -0.983. The standard InChI is InChI=1S/C31H49N3O6/c1-15(2)17-6-7-18(12-17)23(27(38)39)24-19-13-21(37)25-28(4)9-8-20(36)26(32)31(28,34)11-10-30(25,33)29(19,5)14-22(24)40-16(3)35/h18-22,25-26,36-37H,6-14,32-34H2,1-5H3,(H,38,39)/b24-23-/t18?,19-,20+,21+,22-,25-,26+,28+,29-,30+,31+/m0/s1. The molecule has 0 spiro atoms. The van der Waals surface area contributed by atoms with Gasteiger partial charge in [-0.15, -0.1) is 0 Å². The average molecular weight is 560 g/mol. The summed E-state index contributed by atoms with van der Waals surface area (Å²) >= 11 is 0. The fraction of sp³-hybridized carbons (Fsp3) is 0.806. The van der Waals surface area contributed by atoms with Crippen LogP contribution in [0.15, 0.2) is 22.3 Å². The van der Waals surface area contributed by atoms with Crippen molar-refractivity contribution in [2.24, 2.45) is 45.8 Å². The van der Waals surface area contributed by atoms with Crippen LogP contribution in [0.2, 0.25) is 0 Å². The van der Waals surface area contributed by atoms with Gasteiger partial charge in [-0.25, -0.2) is 4.79 Å². The van der Waals surface area contributed by atoms with Gasteiger partial charge in [0.1, 0.15) is 6.10 Å². The van der Waals surface area contributed by atoms with Crippen LogP contribution in [0.1, 0.15) is 92.4 Å². The number of ether oxygens (including phenoxy) is 1. The summed E-state index contributed by atoms with van der Waals surface area (Å²) in [6.07, 6.45) is 2.72. The van der Waals surface area contributed by atoms with E-state index in [4.69, 9.17) is 21.9 Å². The number of carboxylic acids is 1. The number of fused-ring (bicyclic) bond motifs is 5. The predicted octanol–water partition coefficient (Wildman–Crippen LogP) is 2.52. The third-order valence-corrected chi connectivity index (χ3v) is 12.5. The molecule has 0 aromatic rings. The third-order valence-electron chi connectivity index (χ3n) is 12.5. The highest BCUT2D eigenvalue weighted by molar-refractivity contribution is 5.89. The lowest BCUT2D eigenvalue weighted by atomic mass is 9.37. The molecule has 0 heterocycles. The summed E-state index contributed by atoms with van der Waals surface area (Å²) in [7, 11) is 0. The largest absolute Gasteiger partial charge is 0.478 e. The SMILES string of the molecule is CC(=O)O[C@H]1C[C@@]2(C)[C@@H](C[C@@H](O)[C@@H]3[C@]2(N)CC[C@@]2(N)[C@H](N)[C@H](O)CC[C@]32C)/C1=C(/C(=O)O)C1CCC(=C(C)C)C1. The highest BCUT2D eigenvalue weighted by Crippen LogP contribution is 2.70. The minimum Gasteiger partial charge on any atom is -0.478 e. The van der Waals surface area contributed by atoms with Gasteiger partial charge in [-0.05, 0) is 99.9 Å². The number of carbonyl (C=O) groups is 2. The molecule has 224 valence electrons. The predicted molar refractivity (Wildman–Crippen MR) is 151 cm³/mol. The lowest BCUT2D eigenvalue weighted by Gasteiger charge is -2.71. The number of hydrogen-bond donors (Lipinski definition) is 6. The van der Waals surface area contributed by atoms with Gasteiger partial charge in [0.2, 0.25) is 0 Å². The number of aliphatic hydroxyl groups excluding tert-OH is 2. The summed E-state index contributed by atoms with van der Waals surface area (Å²) in [6, 6.07) is -0.633. The summed E-state index contributed by atoms with van der Waals surface area (Å²) in [5, 5.41) is 33.2. The van der Waals surface area contributed by atoms with Crippen molar-refractivity contribution >= 4 is 11.9 Å². The number of esters is 1. The van der Waals surface area contributed by atoms with E-state index >= 15 is 0 Å². The highest BCUT2D eigenvalue weighted by atomic mass is 16.5. The summed E-state index contributed by atoms with van der Waals surface area (Å²) in [5.41, 5.74) is 21.5. The number of nitrogens with two attached hydrogens (primary N) is 3. The molecule has 9 nitrogen and oxygen atoms in total. The molecule has 1 unspecified atom stereocenters. The molecule has 5 rings (SSSR count). The van der Waals surface area contributed by atoms with Gasteiger partial charge in [-0.2, -0.15) is 0 Å². The molecule has 0 bridgehead atoms. The van der Waals surface area contributed by atoms with Crippen molar-refractivity contribution in [2.45, 2.75) is 128 Å². The van der Waals surface area contributed by atoms with Crippen molar-refractivity contribution in [3.05, 3.63) is 22.3 Å². The van der Waals surface area contributed by atoms with E-state index < -0.39 is 64.1 Å². The van der Waals surface area contributed by atoms with Crippen LogP contribution in [0, 0.1) is 28.6 Å². The van der Waals surface area contributed by atoms with Gasteiger partial charge in [-0.3, -0.25) is 4.79 Å². The normalized spacial score (nSPS) is 49.5. The molecule has 40 heavy (non-hydrogen) atoms. The van der Waals surface area contributed by atoms with E-state index in [1.165, 1.54) is 18.1 Å². The van der Waals surface area contributed by atoms with Crippen LogP contribution in [-0.2, 0) is 14.3 Å². The number of rotatable bonds is 3. The summed E-state index contributed by atoms with van der Waals surface area (Å²) in [4.78, 5) is 25.3. The molecule has 0 radical (unpaired) electrons. The Morgan fingerprint density at radius 2 is 1.60 bits per heavy atom. The molecule has 0 saturated heterocycles. The van der Waals surface area contributed by atoms with E-state index in [-0.39, 0.29) is 11.8 Å². The number of aliphatic carboxylic acids is 1. The molecular weight excluding hydrogens is 510 g/mol. The first-order chi connectivity index (χ1) is 18.5. The molecular formula is C31H49N3O6. The van der Waals surface area contributed by atoms with Crippen molar-refractivity contribution < 1.29 is 29.6 Å². The summed E-state index contributed by atoms with van der Waals surface area (Å²) in [5.74, 6) is -2.39. The zero-order chi connectivity index (χ0) is 29.6. The molecule has 5 fully saturated rings. The topological polar surface area (TPSA) is 182 Å². The quantitative estimate of drug-likeness (QED) is 0.172. The Kier molecular flexibility index (Phi) is 7.15. The molecule has 5 aliphatic rings. The Balaban J connectivity index is 1.65. The molecule has 0 aromatic carbocycles. The second-order valence-electron chi connectivity index (χ2n) is 14.4. The lowest BCUT2D eigenvalue weighted by molar-refractivity contribution is -0.201. The second-order valence-corrected chi connectivity index (χ2v) is 14.4. The monoisotopic (exact) mass is 559 g/mol. The fourth-order valence-electron chi connectivity index (χ4n) is 10.3. The Bertz CT molecular complexity index is 1160. The van der Waals surface area contributed by atoms with Crippen LogP contribution >= 0.6 is 0 Å². The van der Waals surface area contributed by atoms with Gasteiger partial charge in [0.25, 0.3) is 0 Å². The van der Waals surface area contributed by atoms with Crippen LogP contribution in [-0.4, -0.2) is 62.7 Å². The maximum atomic E-state index is 13.0. The van der Waals surface area contributed by atoms with Crippen molar-refractivity contribution in [1.29, 1.82) is 0 Å². The van der Waals surface area contributed by atoms with Crippen LogP contribution < -0.4 is 17.2 Å². The third kappa shape index (κ3) is 3.91. The maximum absolute atomic E-state index is 13.0. The smallest absolute Gasteiger partial charge is 0.331 e. The van der Waals surface area contributed by atoms with Crippen LogP contribution in [0.5, 0.6) is 0 Å². The maximum Gasteiger partial charge on any atom is 0.331 e. The molecule has 11 atom stereocenters. The Hall–Kier alpha value is -1.78. The number of allylic oxidation sites excluding steroid dienone is 2. The highest BCUT2D eigenvalue weighted by Gasteiger charge is 2.74. The fourth-order valence-corrected chi connectivity index (χ4v) is 10.3. The van der Waals surface area contributed by atoms with Crippen molar-refractivity contribution in [2.75, 3.05) is 0 Å². The molecule has 5 aliphatic carbocycles. The number of carbonyl (C=O) groups excluding carboxylic acids is 1. The average Bonchev–Trinajstić information content (AvgIpc) is 3.44. The Morgan fingerprint density at radius 3 is 2.17 bits per heavy atom. The van der Waals surface area contributed by atoms with E-state index in [0.29, 0.717) is 56.1 Å². The van der Waals surface area contributed by atoms with Crippen LogP contribution in [0.4, 0.5) is 0 Å². The summed E-state index contributed by atoms with van der Waals surface area (Å²) in [6.45, 7) is 9.64. The molecule has 9 N–H and O–H groups in total. The molecule has 0 amide bonds. The molecule has 0 aliphatic heterocycles. The van der Waals surface area contributed by atoms with Gasteiger partial charge in [0.15, 0.2) is 0 Å². The van der Waals surface area contributed by atoms with E-state index in [2.05, 4.69) is 27.7 Å². The zero-order valence-corrected chi connectivity index (χ0v) is 24.7.